The van der Waals surface area contributed by atoms with Crippen molar-refractivity contribution in [2.45, 2.75) is 26.8 Å². The van der Waals surface area contributed by atoms with Gasteiger partial charge in [0.1, 0.15) is 12.4 Å². The summed E-state index contributed by atoms with van der Waals surface area (Å²) in [6, 6.07) is -0.605. The van der Waals surface area contributed by atoms with Crippen LogP contribution in [0.2, 0.25) is 0 Å². The second-order valence-electron chi connectivity index (χ2n) is 4.17. The summed E-state index contributed by atoms with van der Waals surface area (Å²) in [5.41, 5.74) is 0. The average molecular weight is 239 g/mol. The minimum Gasteiger partial charge on any atom is -0.354 e. The molecule has 0 spiro atoms. The fourth-order valence-electron chi connectivity index (χ4n) is 1.10. The Bertz CT molecular complexity index is 374. The van der Waals surface area contributed by atoms with Gasteiger partial charge < -0.3 is 10.6 Å². The van der Waals surface area contributed by atoms with Gasteiger partial charge in [0.25, 0.3) is 5.91 Å². The Morgan fingerprint density at radius 3 is 2.65 bits per heavy atom. The minimum atomic E-state index is -0.605. The molecule has 1 rings (SSSR count). The first-order valence-corrected chi connectivity index (χ1v) is 5.44. The van der Waals surface area contributed by atoms with Gasteiger partial charge in [-0.25, -0.2) is 4.98 Å². The van der Waals surface area contributed by atoms with Gasteiger partial charge in [-0.2, -0.15) is 5.10 Å². The molecule has 0 radical (unpaired) electrons. The van der Waals surface area contributed by atoms with Crippen molar-refractivity contribution in [3.05, 3.63) is 12.2 Å². The van der Waals surface area contributed by atoms with Crippen molar-refractivity contribution in [2.24, 2.45) is 5.92 Å². The summed E-state index contributed by atoms with van der Waals surface area (Å²) in [5, 5.41) is 11.2. The number of H-pyrrole nitrogens is 1. The van der Waals surface area contributed by atoms with Gasteiger partial charge >= 0.3 is 0 Å². The lowest BCUT2D eigenvalue weighted by atomic mass is 10.2. The summed E-state index contributed by atoms with van der Waals surface area (Å²) >= 11 is 0. The topological polar surface area (TPSA) is 99.8 Å². The maximum Gasteiger partial charge on any atom is 0.289 e. The lowest BCUT2D eigenvalue weighted by Gasteiger charge is -2.14. The van der Waals surface area contributed by atoms with Crippen molar-refractivity contribution in [1.82, 2.24) is 25.8 Å². The standard InChI is InChI=1S/C10H17N5O2/c1-6(2)4-11-9(16)7(3)14-10(17)8-12-5-13-15-8/h5-7H,4H2,1-3H3,(H,11,16)(H,14,17)(H,12,13,15). The zero-order valence-corrected chi connectivity index (χ0v) is 10.2. The van der Waals surface area contributed by atoms with Gasteiger partial charge in [0.05, 0.1) is 0 Å². The van der Waals surface area contributed by atoms with E-state index >= 15 is 0 Å². The van der Waals surface area contributed by atoms with E-state index in [1.165, 1.54) is 6.33 Å². The third kappa shape index (κ3) is 4.21. The van der Waals surface area contributed by atoms with Crippen LogP contribution in [-0.4, -0.2) is 39.6 Å². The molecule has 0 saturated carbocycles. The number of hydrogen-bond donors (Lipinski definition) is 3. The Kier molecular flexibility index (Phi) is 4.62. The van der Waals surface area contributed by atoms with Gasteiger partial charge in [-0.05, 0) is 12.8 Å². The van der Waals surface area contributed by atoms with Gasteiger partial charge in [-0.1, -0.05) is 13.8 Å². The van der Waals surface area contributed by atoms with Gasteiger partial charge in [0.15, 0.2) is 0 Å². The molecule has 1 heterocycles. The molecule has 1 aromatic heterocycles. The lowest BCUT2D eigenvalue weighted by Crippen LogP contribution is -2.45. The molecule has 0 aliphatic carbocycles. The second-order valence-corrected chi connectivity index (χ2v) is 4.17. The smallest absolute Gasteiger partial charge is 0.289 e. The predicted molar refractivity (Wildman–Crippen MR) is 61.2 cm³/mol. The first kappa shape index (κ1) is 13.1. The molecular weight excluding hydrogens is 222 g/mol. The van der Waals surface area contributed by atoms with Crippen LogP contribution in [0.4, 0.5) is 0 Å². The van der Waals surface area contributed by atoms with Crippen molar-refractivity contribution in [3.63, 3.8) is 0 Å². The maximum atomic E-state index is 11.6. The molecule has 0 aromatic carbocycles. The molecule has 0 saturated heterocycles. The Balaban J connectivity index is 2.41. The number of amides is 2. The van der Waals surface area contributed by atoms with Crippen molar-refractivity contribution >= 4 is 11.8 Å². The van der Waals surface area contributed by atoms with Crippen LogP contribution in [0.3, 0.4) is 0 Å². The number of hydrogen-bond acceptors (Lipinski definition) is 4. The zero-order chi connectivity index (χ0) is 12.8. The van der Waals surface area contributed by atoms with Crippen LogP contribution < -0.4 is 10.6 Å². The van der Waals surface area contributed by atoms with E-state index in [4.69, 9.17) is 0 Å². The normalized spacial score (nSPS) is 12.2. The number of carbonyl (C=O) groups excluding carboxylic acids is 2. The summed E-state index contributed by atoms with van der Waals surface area (Å²) in [6.45, 7) is 6.20. The largest absolute Gasteiger partial charge is 0.354 e. The Hall–Kier alpha value is -1.92. The Labute approximate surface area is 99.4 Å². The number of rotatable bonds is 5. The van der Waals surface area contributed by atoms with E-state index < -0.39 is 11.9 Å². The number of aromatic nitrogens is 3. The molecule has 1 atom stereocenters. The van der Waals surface area contributed by atoms with Crippen LogP contribution in [0.1, 0.15) is 31.4 Å². The summed E-state index contributed by atoms with van der Waals surface area (Å²) in [6.07, 6.45) is 1.23. The zero-order valence-electron chi connectivity index (χ0n) is 10.2. The quantitative estimate of drug-likeness (QED) is 0.656. The Morgan fingerprint density at radius 2 is 2.12 bits per heavy atom. The van der Waals surface area contributed by atoms with Gasteiger partial charge in [-0.3, -0.25) is 14.7 Å². The summed E-state index contributed by atoms with van der Waals surface area (Å²) in [7, 11) is 0. The third-order valence-electron chi connectivity index (χ3n) is 2.06. The van der Waals surface area contributed by atoms with Gasteiger partial charge in [0, 0.05) is 6.54 Å². The summed E-state index contributed by atoms with van der Waals surface area (Å²) in [4.78, 5) is 26.8. The van der Waals surface area contributed by atoms with Crippen LogP contribution in [0.25, 0.3) is 0 Å². The molecule has 0 fully saturated rings. The van der Waals surface area contributed by atoms with Crippen LogP contribution in [0, 0.1) is 5.92 Å². The maximum absolute atomic E-state index is 11.6. The number of aromatic amines is 1. The van der Waals surface area contributed by atoms with Crippen molar-refractivity contribution in [3.8, 4) is 0 Å². The minimum absolute atomic E-state index is 0.0912. The number of carbonyl (C=O) groups is 2. The molecule has 1 unspecified atom stereocenters. The monoisotopic (exact) mass is 239 g/mol. The van der Waals surface area contributed by atoms with Crippen LogP contribution in [0.5, 0.6) is 0 Å². The molecule has 0 bridgehead atoms. The molecule has 1 aromatic rings. The van der Waals surface area contributed by atoms with Gasteiger partial charge in [-0.15, -0.1) is 0 Å². The highest BCUT2D eigenvalue weighted by Crippen LogP contribution is 1.91. The fraction of sp³-hybridized carbons (Fsp3) is 0.600. The van der Waals surface area contributed by atoms with Crippen molar-refractivity contribution in [1.29, 1.82) is 0 Å². The molecular formula is C10H17N5O2. The SMILES string of the molecule is CC(C)CNC(=O)C(C)NC(=O)c1ncn[nH]1. The third-order valence-corrected chi connectivity index (χ3v) is 2.06. The molecule has 0 aliphatic rings. The number of nitrogens with zero attached hydrogens (tertiary/aromatic N) is 2. The van der Waals surface area contributed by atoms with E-state index in [2.05, 4.69) is 25.8 Å². The van der Waals surface area contributed by atoms with E-state index in [1.54, 1.807) is 6.92 Å². The van der Waals surface area contributed by atoms with Crippen LogP contribution in [0.15, 0.2) is 6.33 Å². The first-order chi connectivity index (χ1) is 8.00. The van der Waals surface area contributed by atoms with Crippen LogP contribution >= 0.6 is 0 Å². The Morgan fingerprint density at radius 1 is 1.41 bits per heavy atom. The molecule has 17 heavy (non-hydrogen) atoms. The van der Waals surface area contributed by atoms with Crippen molar-refractivity contribution in [2.75, 3.05) is 6.54 Å². The van der Waals surface area contributed by atoms with Crippen molar-refractivity contribution < 1.29 is 9.59 Å². The lowest BCUT2D eigenvalue weighted by molar-refractivity contribution is -0.122. The highest BCUT2D eigenvalue weighted by molar-refractivity contribution is 5.94. The van der Waals surface area contributed by atoms with Gasteiger partial charge in [0.2, 0.25) is 11.7 Å². The molecule has 0 aliphatic heterocycles. The average Bonchev–Trinajstić information content (AvgIpc) is 2.78. The van der Waals surface area contributed by atoms with E-state index in [0.717, 1.165) is 0 Å². The highest BCUT2D eigenvalue weighted by atomic mass is 16.2. The first-order valence-electron chi connectivity index (χ1n) is 5.44. The molecule has 2 amide bonds. The fourth-order valence-corrected chi connectivity index (χ4v) is 1.10. The molecule has 94 valence electrons. The van der Waals surface area contributed by atoms with Crippen LogP contribution in [-0.2, 0) is 4.79 Å². The molecule has 3 N–H and O–H groups in total. The number of nitrogens with one attached hydrogen (secondary N) is 3. The predicted octanol–water partition coefficient (Wildman–Crippen LogP) is -0.305. The highest BCUT2D eigenvalue weighted by Gasteiger charge is 2.17. The molecule has 7 heteroatoms. The van der Waals surface area contributed by atoms with E-state index in [-0.39, 0.29) is 11.7 Å². The van der Waals surface area contributed by atoms with E-state index in [0.29, 0.717) is 12.5 Å². The summed E-state index contributed by atoms with van der Waals surface area (Å²) < 4.78 is 0. The molecule has 7 nitrogen and oxygen atoms in total. The van der Waals surface area contributed by atoms with E-state index in [9.17, 15) is 9.59 Å². The van der Waals surface area contributed by atoms with E-state index in [1.807, 2.05) is 13.8 Å². The summed E-state index contributed by atoms with van der Waals surface area (Å²) in [5.74, 6) is -0.203. The second kappa shape index (κ2) is 5.97.